The quantitative estimate of drug-likeness (QED) is 0.318. The highest BCUT2D eigenvalue weighted by Crippen LogP contribution is 2.32. The van der Waals surface area contributed by atoms with Crippen LogP contribution in [0.4, 0.5) is 0 Å². The second-order valence-corrected chi connectivity index (χ2v) is 11.2. The number of hydrogen-bond donors (Lipinski definition) is 3. The number of para-hydroxylation sites is 1. The maximum absolute atomic E-state index is 13.2. The number of benzene rings is 2. The average Bonchev–Trinajstić information content (AvgIpc) is 2.87. The van der Waals surface area contributed by atoms with E-state index in [9.17, 15) is 23.2 Å². The lowest BCUT2D eigenvalue weighted by Gasteiger charge is -2.44. The Labute approximate surface area is 215 Å². The number of nitrogens with zero attached hydrogens (tertiary/aromatic N) is 2. The minimum atomic E-state index is -4.01. The Morgan fingerprint density at radius 3 is 2.57 bits per heavy atom. The van der Waals surface area contributed by atoms with Crippen molar-refractivity contribution in [3.63, 3.8) is 0 Å². The minimum Gasteiger partial charge on any atom is -0.489 e. The van der Waals surface area contributed by atoms with Gasteiger partial charge in [0.15, 0.2) is 0 Å². The van der Waals surface area contributed by atoms with Gasteiger partial charge in [0.1, 0.15) is 12.4 Å². The summed E-state index contributed by atoms with van der Waals surface area (Å²) in [6, 6.07) is 14.9. The van der Waals surface area contributed by atoms with E-state index in [0.29, 0.717) is 5.75 Å². The lowest BCUT2D eigenvalue weighted by Crippen LogP contribution is -2.62. The van der Waals surface area contributed by atoms with E-state index in [1.165, 1.54) is 30.9 Å². The van der Waals surface area contributed by atoms with Gasteiger partial charge in [-0.1, -0.05) is 18.2 Å². The summed E-state index contributed by atoms with van der Waals surface area (Å²) in [6.07, 6.45) is 0.212. The molecule has 10 nitrogen and oxygen atoms in total. The number of amides is 2. The van der Waals surface area contributed by atoms with Gasteiger partial charge in [-0.2, -0.15) is 0 Å². The second kappa shape index (κ2) is 10.4. The van der Waals surface area contributed by atoms with Crippen LogP contribution in [0, 0.1) is 12.3 Å². The molecule has 1 fully saturated rings. The Hall–Kier alpha value is -3.54. The maximum atomic E-state index is 13.2. The fraction of sp³-hybridized carbons (Fsp3) is 0.346. The van der Waals surface area contributed by atoms with Crippen molar-refractivity contribution in [1.82, 2.24) is 20.1 Å². The van der Waals surface area contributed by atoms with E-state index in [1.54, 1.807) is 17.6 Å². The molecule has 0 radical (unpaired) electrons. The summed E-state index contributed by atoms with van der Waals surface area (Å²) in [7, 11) is -4.01. The number of aryl methyl sites for hydroxylation is 1. The van der Waals surface area contributed by atoms with Gasteiger partial charge in [-0.15, -0.1) is 0 Å². The molecule has 2 atom stereocenters. The fourth-order valence-electron chi connectivity index (χ4n) is 4.65. The zero-order chi connectivity index (χ0) is 26.8. The number of pyridine rings is 1. The first-order valence-corrected chi connectivity index (χ1v) is 13.3. The van der Waals surface area contributed by atoms with Crippen LogP contribution in [0.2, 0.25) is 0 Å². The molecule has 2 amide bonds. The van der Waals surface area contributed by atoms with Crippen LogP contribution >= 0.6 is 0 Å². The first-order chi connectivity index (χ1) is 17.5. The van der Waals surface area contributed by atoms with Crippen LogP contribution in [0.25, 0.3) is 10.9 Å². The van der Waals surface area contributed by atoms with Gasteiger partial charge in [-0.3, -0.25) is 19.8 Å². The number of piperidine rings is 1. The maximum Gasteiger partial charge on any atom is 0.252 e. The summed E-state index contributed by atoms with van der Waals surface area (Å²) in [6.45, 7) is 5.36. The topological polar surface area (TPSA) is 138 Å². The number of ether oxygens (including phenoxy) is 1. The predicted octanol–water partition coefficient (Wildman–Crippen LogP) is 2.53. The van der Waals surface area contributed by atoms with Crippen LogP contribution in [0.15, 0.2) is 59.5 Å². The van der Waals surface area contributed by atoms with E-state index in [2.05, 4.69) is 9.71 Å². The van der Waals surface area contributed by atoms with Gasteiger partial charge >= 0.3 is 0 Å². The number of aromatic nitrogens is 1. The molecule has 0 bridgehead atoms. The number of nitrogens with one attached hydrogen (secondary N) is 2. The summed E-state index contributed by atoms with van der Waals surface area (Å²) in [5.74, 6) is -0.505. The largest absolute Gasteiger partial charge is 0.489 e. The molecule has 11 heteroatoms. The number of hydrogen-bond acceptors (Lipinski definition) is 7. The summed E-state index contributed by atoms with van der Waals surface area (Å²) in [5, 5.41) is 10.2. The molecule has 1 saturated heterocycles. The minimum absolute atomic E-state index is 0.00538. The Balaban J connectivity index is 1.48. The molecule has 3 N–H and O–H groups in total. The van der Waals surface area contributed by atoms with E-state index in [-0.39, 0.29) is 36.9 Å². The molecular weight excluding hydrogens is 496 g/mol. The van der Waals surface area contributed by atoms with Crippen molar-refractivity contribution >= 4 is 32.7 Å². The highest BCUT2D eigenvalue weighted by molar-refractivity contribution is 7.89. The van der Waals surface area contributed by atoms with Gasteiger partial charge in [0.2, 0.25) is 15.9 Å². The van der Waals surface area contributed by atoms with Crippen LogP contribution < -0.4 is 14.9 Å². The second-order valence-electron chi connectivity index (χ2n) is 9.46. The number of likely N-dealkylation sites (tertiary alicyclic amines) is 1. The average molecular weight is 527 g/mol. The van der Waals surface area contributed by atoms with Gasteiger partial charge < -0.3 is 9.64 Å². The van der Waals surface area contributed by atoms with Gasteiger partial charge in [0.25, 0.3) is 5.91 Å². The molecule has 0 unspecified atom stereocenters. The Bertz CT molecular complexity index is 1430. The summed E-state index contributed by atoms with van der Waals surface area (Å²) < 4.78 is 34.8. The fourth-order valence-corrected chi connectivity index (χ4v) is 6.03. The molecule has 1 aliphatic heterocycles. The van der Waals surface area contributed by atoms with Crippen LogP contribution in [0.5, 0.6) is 5.75 Å². The number of rotatable bonds is 7. The molecule has 196 valence electrons. The SMILES string of the molecule is CC(=O)N1CC[C@@H](NS(=O)(=O)c2ccc(OCc3cc(C)nc4ccccc34)cc2)[C@](C)(C(=O)NO)C1. The van der Waals surface area contributed by atoms with E-state index < -0.39 is 27.4 Å². The molecule has 0 aliphatic carbocycles. The van der Waals surface area contributed by atoms with Crippen LogP contribution in [-0.4, -0.2) is 54.5 Å². The van der Waals surface area contributed by atoms with Gasteiger partial charge in [-0.05, 0) is 56.7 Å². The van der Waals surface area contributed by atoms with Crippen molar-refractivity contribution in [2.45, 2.75) is 44.7 Å². The molecule has 0 saturated carbocycles. The zero-order valence-corrected chi connectivity index (χ0v) is 21.7. The van der Waals surface area contributed by atoms with Crippen LogP contribution in [0.3, 0.4) is 0 Å². The monoisotopic (exact) mass is 526 g/mol. The number of hydroxylamine groups is 1. The summed E-state index contributed by atoms with van der Waals surface area (Å²) >= 11 is 0. The van der Waals surface area contributed by atoms with Crippen LogP contribution in [-0.2, 0) is 26.2 Å². The van der Waals surface area contributed by atoms with Crippen molar-refractivity contribution in [2.24, 2.45) is 5.41 Å². The lowest BCUT2D eigenvalue weighted by molar-refractivity contribution is -0.147. The normalized spacial score (nSPS) is 20.0. The Kier molecular flexibility index (Phi) is 7.49. The van der Waals surface area contributed by atoms with Crippen molar-refractivity contribution in [1.29, 1.82) is 0 Å². The first-order valence-electron chi connectivity index (χ1n) is 11.8. The van der Waals surface area contributed by atoms with E-state index in [1.807, 2.05) is 37.3 Å². The molecule has 4 rings (SSSR count). The van der Waals surface area contributed by atoms with Gasteiger partial charge in [-0.25, -0.2) is 18.6 Å². The van der Waals surface area contributed by atoms with E-state index in [0.717, 1.165) is 22.2 Å². The first kappa shape index (κ1) is 26.5. The molecule has 1 aromatic heterocycles. The van der Waals surface area contributed by atoms with E-state index in [4.69, 9.17) is 4.74 Å². The van der Waals surface area contributed by atoms with Gasteiger partial charge in [0, 0.05) is 42.7 Å². The third kappa shape index (κ3) is 5.58. The van der Waals surface area contributed by atoms with Crippen molar-refractivity contribution in [2.75, 3.05) is 13.1 Å². The van der Waals surface area contributed by atoms with Gasteiger partial charge in [0.05, 0.1) is 15.8 Å². The van der Waals surface area contributed by atoms with Crippen molar-refractivity contribution < 1.29 is 28.0 Å². The Morgan fingerprint density at radius 2 is 1.89 bits per heavy atom. The number of carbonyl (C=O) groups excluding carboxylic acids is 2. The standard InChI is InChI=1S/C26H30N4O6S/c1-17-14-19(22-6-4-5-7-23(22)27-17)15-36-20-8-10-21(11-9-20)37(34,35)29-24-12-13-30(18(2)31)16-26(24,3)25(32)28-33/h4-11,14,24,29,33H,12-13,15-16H2,1-3H3,(H,28,32)/t24-,26-/m1/s1. The molecule has 3 aromatic rings. The third-order valence-electron chi connectivity index (χ3n) is 6.80. The number of carbonyl (C=O) groups is 2. The molecule has 0 spiro atoms. The molecule has 2 aromatic carbocycles. The Morgan fingerprint density at radius 1 is 1.19 bits per heavy atom. The zero-order valence-electron chi connectivity index (χ0n) is 20.9. The summed E-state index contributed by atoms with van der Waals surface area (Å²) in [5.41, 5.74) is 2.97. The smallest absolute Gasteiger partial charge is 0.252 e. The summed E-state index contributed by atoms with van der Waals surface area (Å²) in [4.78, 5) is 30.3. The molecular formula is C26H30N4O6S. The molecule has 37 heavy (non-hydrogen) atoms. The highest BCUT2D eigenvalue weighted by atomic mass is 32.2. The van der Waals surface area contributed by atoms with E-state index >= 15 is 0 Å². The molecule has 1 aliphatic rings. The highest BCUT2D eigenvalue weighted by Gasteiger charge is 2.47. The molecule has 2 heterocycles. The number of fused-ring (bicyclic) bond motifs is 1. The van der Waals surface area contributed by atoms with Crippen molar-refractivity contribution in [3.05, 3.63) is 65.9 Å². The number of sulfonamides is 1. The lowest BCUT2D eigenvalue weighted by atomic mass is 9.77. The van der Waals surface area contributed by atoms with Crippen LogP contribution in [0.1, 0.15) is 31.5 Å². The third-order valence-corrected chi connectivity index (χ3v) is 8.28. The van der Waals surface area contributed by atoms with Crippen molar-refractivity contribution in [3.8, 4) is 5.75 Å². The predicted molar refractivity (Wildman–Crippen MR) is 136 cm³/mol.